The lowest BCUT2D eigenvalue weighted by atomic mass is 9.89. The predicted molar refractivity (Wildman–Crippen MR) is 86.9 cm³/mol. The second-order valence-corrected chi connectivity index (χ2v) is 6.11. The monoisotopic (exact) mass is 373 g/mol. The summed E-state index contributed by atoms with van der Waals surface area (Å²) in [6.07, 6.45) is 6.26. The van der Waals surface area contributed by atoms with Gasteiger partial charge >= 0.3 is 0 Å². The average Bonchev–Trinajstić information content (AvgIpc) is 3.11. The van der Waals surface area contributed by atoms with Gasteiger partial charge in [0, 0.05) is 10.0 Å². The maximum atomic E-state index is 12.7. The molecule has 1 N–H and O–H groups in total. The molecule has 1 atom stereocenters. The van der Waals surface area contributed by atoms with Crippen molar-refractivity contribution in [3.63, 3.8) is 0 Å². The molecule has 1 aliphatic rings. The normalized spacial score (nSPS) is 19.5. The number of Topliss-reactive ketones (excluding diaryl/α,β-unsaturated/α-hetero) is 1. The van der Waals surface area contributed by atoms with E-state index in [0.717, 1.165) is 0 Å². The van der Waals surface area contributed by atoms with E-state index in [4.69, 9.17) is 10.8 Å². The van der Waals surface area contributed by atoms with E-state index in [1.54, 1.807) is 24.3 Å². The van der Waals surface area contributed by atoms with Crippen LogP contribution >= 0.6 is 15.9 Å². The summed E-state index contributed by atoms with van der Waals surface area (Å²) < 4.78 is 5.73. The minimum atomic E-state index is -1.96. The summed E-state index contributed by atoms with van der Waals surface area (Å²) in [4.78, 5) is 26.3. The molecule has 0 fully saturated rings. The molecule has 3 rings (SSSR count). The first-order chi connectivity index (χ1) is 11.0. The van der Waals surface area contributed by atoms with Crippen molar-refractivity contribution in [2.75, 3.05) is 11.4 Å². The maximum Gasteiger partial charge on any atom is 0.265 e. The van der Waals surface area contributed by atoms with E-state index in [-0.39, 0.29) is 12.3 Å². The SMILES string of the molecule is C#CCN1C(=O)[C@@](O)(CC(=O)c2ccco2)c2cc(Br)ccc21. The number of fused-ring (bicyclic) bond motifs is 1. The van der Waals surface area contributed by atoms with Gasteiger partial charge in [0.05, 0.1) is 24.9 Å². The van der Waals surface area contributed by atoms with E-state index in [1.165, 1.54) is 17.2 Å². The standard InChI is InChI=1S/C17H12BrNO4/c1-2-7-19-13-6-5-11(18)9-12(13)17(22,16(19)21)10-14(20)15-4-3-8-23-15/h1,3-6,8-9,22H,7,10H2/t17-/m1/s1. The highest BCUT2D eigenvalue weighted by Gasteiger charge is 2.51. The first kappa shape index (κ1) is 15.5. The Kier molecular flexibility index (Phi) is 3.84. The zero-order chi connectivity index (χ0) is 16.6. The number of ketones is 1. The fourth-order valence-electron chi connectivity index (χ4n) is 2.70. The highest BCUT2D eigenvalue weighted by Crippen LogP contribution is 2.43. The van der Waals surface area contributed by atoms with E-state index in [2.05, 4.69) is 21.9 Å². The van der Waals surface area contributed by atoms with E-state index in [1.807, 2.05) is 0 Å². The molecule has 1 aromatic carbocycles. The molecule has 1 aliphatic heterocycles. The summed E-state index contributed by atoms with van der Waals surface area (Å²) >= 11 is 3.32. The molecule has 116 valence electrons. The molecule has 0 aliphatic carbocycles. The van der Waals surface area contributed by atoms with E-state index in [9.17, 15) is 14.7 Å². The molecule has 0 unspecified atom stereocenters. The number of halogens is 1. The van der Waals surface area contributed by atoms with Crippen LogP contribution in [0.3, 0.4) is 0 Å². The minimum Gasteiger partial charge on any atom is -0.461 e. The Bertz CT molecular complexity index is 822. The molecule has 6 heteroatoms. The summed E-state index contributed by atoms with van der Waals surface area (Å²) in [5, 5.41) is 11.0. The van der Waals surface area contributed by atoms with Gasteiger partial charge in [-0.2, -0.15) is 0 Å². The van der Waals surface area contributed by atoms with Crippen LogP contribution in [0.25, 0.3) is 0 Å². The Hall–Kier alpha value is -2.36. The lowest BCUT2D eigenvalue weighted by Crippen LogP contribution is -2.42. The Morgan fingerprint density at radius 3 is 2.87 bits per heavy atom. The number of terminal acetylenes is 1. The maximum absolute atomic E-state index is 12.7. The Balaban J connectivity index is 2.04. The highest BCUT2D eigenvalue weighted by atomic mass is 79.9. The van der Waals surface area contributed by atoms with Crippen molar-refractivity contribution in [2.24, 2.45) is 0 Å². The average molecular weight is 374 g/mol. The van der Waals surface area contributed by atoms with Gasteiger partial charge < -0.3 is 9.52 Å². The summed E-state index contributed by atoms with van der Waals surface area (Å²) in [5.74, 6) is 1.42. The number of nitrogens with zero attached hydrogens (tertiary/aromatic N) is 1. The number of amides is 1. The molecule has 2 aromatic rings. The first-order valence-corrected chi connectivity index (χ1v) is 7.61. The van der Waals surface area contributed by atoms with Crippen LogP contribution in [0, 0.1) is 12.3 Å². The summed E-state index contributed by atoms with van der Waals surface area (Å²) in [6.45, 7) is 0.0186. The minimum absolute atomic E-state index is 0.0186. The molecule has 0 radical (unpaired) electrons. The molecule has 0 saturated heterocycles. The van der Waals surface area contributed by atoms with Crippen LogP contribution in [0.5, 0.6) is 0 Å². The van der Waals surface area contributed by atoms with Crippen LogP contribution in [0.4, 0.5) is 5.69 Å². The molecule has 0 saturated carbocycles. The van der Waals surface area contributed by atoms with Crippen molar-refractivity contribution in [3.05, 3.63) is 52.4 Å². The van der Waals surface area contributed by atoms with Gasteiger partial charge in [0.25, 0.3) is 5.91 Å². The van der Waals surface area contributed by atoms with Crippen LogP contribution in [-0.4, -0.2) is 23.3 Å². The molecular weight excluding hydrogens is 362 g/mol. The lowest BCUT2D eigenvalue weighted by Gasteiger charge is -2.21. The zero-order valence-corrected chi connectivity index (χ0v) is 13.5. The third kappa shape index (κ3) is 2.48. The van der Waals surface area contributed by atoms with Gasteiger partial charge in [-0.15, -0.1) is 6.42 Å². The van der Waals surface area contributed by atoms with Gasteiger partial charge in [-0.3, -0.25) is 14.5 Å². The number of aliphatic hydroxyl groups is 1. The summed E-state index contributed by atoms with van der Waals surface area (Å²) in [6, 6.07) is 8.12. The lowest BCUT2D eigenvalue weighted by molar-refractivity contribution is -0.135. The van der Waals surface area contributed by atoms with Gasteiger partial charge in [0.15, 0.2) is 11.4 Å². The summed E-state index contributed by atoms with van der Waals surface area (Å²) in [7, 11) is 0. The fraction of sp³-hybridized carbons (Fsp3) is 0.176. The van der Waals surface area contributed by atoms with Gasteiger partial charge in [-0.05, 0) is 30.3 Å². The number of anilines is 1. The van der Waals surface area contributed by atoms with Crippen molar-refractivity contribution in [1.29, 1.82) is 0 Å². The summed E-state index contributed by atoms with van der Waals surface area (Å²) in [5.41, 5.74) is -1.10. The van der Waals surface area contributed by atoms with E-state index in [0.29, 0.717) is 15.7 Å². The quantitative estimate of drug-likeness (QED) is 0.660. The number of hydrogen-bond donors (Lipinski definition) is 1. The zero-order valence-electron chi connectivity index (χ0n) is 12.0. The number of furan rings is 1. The van der Waals surface area contributed by atoms with Crippen molar-refractivity contribution >= 4 is 33.3 Å². The van der Waals surface area contributed by atoms with Crippen molar-refractivity contribution in [3.8, 4) is 12.3 Å². The number of hydrogen-bond acceptors (Lipinski definition) is 4. The molecule has 23 heavy (non-hydrogen) atoms. The first-order valence-electron chi connectivity index (χ1n) is 6.82. The second-order valence-electron chi connectivity index (χ2n) is 5.19. The van der Waals surface area contributed by atoms with Crippen LogP contribution < -0.4 is 4.90 Å². The topological polar surface area (TPSA) is 70.8 Å². The van der Waals surface area contributed by atoms with E-state index >= 15 is 0 Å². The molecule has 2 heterocycles. The predicted octanol–water partition coefficient (Wildman–Crippen LogP) is 2.48. The largest absolute Gasteiger partial charge is 0.461 e. The number of carbonyl (C=O) groups is 2. The third-order valence-corrected chi connectivity index (χ3v) is 4.25. The number of rotatable bonds is 4. The Morgan fingerprint density at radius 1 is 1.43 bits per heavy atom. The van der Waals surface area contributed by atoms with Crippen molar-refractivity contribution in [2.45, 2.75) is 12.0 Å². The fourth-order valence-corrected chi connectivity index (χ4v) is 3.06. The molecule has 0 bridgehead atoms. The van der Waals surface area contributed by atoms with Gasteiger partial charge in [-0.25, -0.2) is 0 Å². The number of benzene rings is 1. The second kappa shape index (κ2) is 5.69. The molecular formula is C17H12BrNO4. The molecule has 1 aromatic heterocycles. The van der Waals surface area contributed by atoms with Gasteiger partial charge in [0.1, 0.15) is 0 Å². The third-order valence-electron chi connectivity index (χ3n) is 3.76. The Morgan fingerprint density at radius 2 is 2.22 bits per heavy atom. The molecule has 1 amide bonds. The number of carbonyl (C=O) groups excluding carboxylic acids is 2. The molecule has 5 nitrogen and oxygen atoms in total. The molecule has 0 spiro atoms. The van der Waals surface area contributed by atoms with Gasteiger partial charge in [-0.1, -0.05) is 21.9 Å². The van der Waals surface area contributed by atoms with Crippen molar-refractivity contribution < 1.29 is 19.1 Å². The van der Waals surface area contributed by atoms with Crippen LogP contribution in [-0.2, 0) is 10.4 Å². The van der Waals surface area contributed by atoms with E-state index < -0.39 is 23.7 Å². The Labute approximate surface area is 141 Å². The van der Waals surface area contributed by atoms with Crippen LogP contribution in [0.2, 0.25) is 0 Å². The van der Waals surface area contributed by atoms with Gasteiger partial charge in [0.2, 0.25) is 5.78 Å². The van der Waals surface area contributed by atoms with Crippen LogP contribution in [0.1, 0.15) is 22.5 Å². The van der Waals surface area contributed by atoms with Crippen molar-refractivity contribution in [1.82, 2.24) is 0 Å². The highest BCUT2D eigenvalue weighted by molar-refractivity contribution is 9.10. The smallest absolute Gasteiger partial charge is 0.265 e. The van der Waals surface area contributed by atoms with Crippen LogP contribution in [0.15, 0.2) is 45.5 Å².